The van der Waals surface area contributed by atoms with Gasteiger partial charge in [-0.1, -0.05) is 5.16 Å². The molecule has 0 aliphatic carbocycles. The Hall–Kier alpha value is -0.770. The van der Waals surface area contributed by atoms with Gasteiger partial charge in [0.2, 0.25) is 0 Å². The molecule has 0 atom stereocenters. The zero-order chi connectivity index (χ0) is 7.11. The minimum atomic E-state index is 0.281. The van der Waals surface area contributed by atoms with E-state index in [1.54, 1.807) is 0 Å². The Bertz CT molecular complexity index is 92.2. The molecule has 0 radical (unpaired) electrons. The smallest absolute Gasteiger partial charge is 0.139 e. The molecule has 0 aromatic heterocycles. The van der Waals surface area contributed by atoms with Crippen LogP contribution in [-0.2, 0) is 0 Å². The quantitative estimate of drug-likeness (QED) is 0.163. The summed E-state index contributed by atoms with van der Waals surface area (Å²) >= 11 is 0. The average molecular weight is 131 g/mol. The van der Waals surface area contributed by atoms with Gasteiger partial charge in [-0.2, -0.15) is 0 Å². The van der Waals surface area contributed by atoms with Crippen LogP contribution >= 0.6 is 0 Å². The van der Waals surface area contributed by atoms with Crippen molar-refractivity contribution in [2.75, 3.05) is 6.54 Å². The maximum atomic E-state index is 8.07. The maximum Gasteiger partial charge on any atom is 0.139 e. The predicted molar refractivity (Wildman–Crippen MR) is 36.3 cm³/mol. The Kier molecular flexibility index (Phi) is 4.91. The van der Waals surface area contributed by atoms with Crippen LogP contribution in [0.15, 0.2) is 5.16 Å². The van der Waals surface area contributed by atoms with Gasteiger partial charge in [0.15, 0.2) is 0 Å². The van der Waals surface area contributed by atoms with Gasteiger partial charge in [0.05, 0.1) is 0 Å². The second-order valence-corrected chi connectivity index (χ2v) is 1.84. The van der Waals surface area contributed by atoms with Crippen LogP contribution in [0, 0.1) is 0 Å². The van der Waals surface area contributed by atoms with Crippen LogP contribution in [0.4, 0.5) is 0 Å². The minimum absolute atomic E-state index is 0.281. The number of rotatable bonds is 4. The van der Waals surface area contributed by atoms with Crippen LogP contribution in [0.2, 0.25) is 0 Å². The summed E-state index contributed by atoms with van der Waals surface area (Å²) in [4.78, 5) is 0. The van der Waals surface area contributed by atoms with Gasteiger partial charge in [-0.05, 0) is 19.4 Å². The molecule has 0 rings (SSSR count). The third-order valence-electron chi connectivity index (χ3n) is 1.02. The molecule has 0 aromatic carbocycles. The van der Waals surface area contributed by atoms with E-state index in [0.717, 1.165) is 12.8 Å². The monoisotopic (exact) mass is 131 g/mol. The predicted octanol–water partition coefficient (Wildman–Crippen LogP) is -0.138. The zero-order valence-corrected chi connectivity index (χ0v) is 5.38. The second-order valence-electron chi connectivity index (χ2n) is 1.84. The van der Waals surface area contributed by atoms with E-state index < -0.39 is 0 Å². The van der Waals surface area contributed by atoms with Gasteiger partial charge in [0.1, 0.15) is 5.84 Å². The van der Waals surface area contributed by atoms with E-state index in [4.69, 9.17) is 16.7 Å². The molecule has 0 bridgehead atoms. The summed E-state index contributed by atoms with van der Waals surface area (Å²) in [6.45, 7) is 0.665. The number of hydrogen-bond acceptors (Lipinski definition) is 3. The largest absolute Gasteiger partial charge is 0.409 e. The summed E-state index contributed by atoms with van der Waals surface area (Å²) in [5, 5.41) is 10.9. The fraction of sp³-hybridized carbons (Fsp3) is 0.800. The highest BCUT2D eigenvalue weighted by atomic mass is 16.4. The Morgan fingerprint density at radius 1 is 1.44 bits per heavy atom. The van der Waals surface area contributed by atoms with Gasteiger partial charge in [-0.15, -0.1) is 0 Å². The topological polar surface area (TPSA) is 84.6 Å². The van der Waals surface area contributed by atoms with Crippen molar-refractivity contribution in [2.24, 2.45) is 16.6 Å². The van der Waals surface area contributed by atoms with Crippen molar-refractivity contribution in [3.05, 3.63) is 0 Å². The molecule has 0 saturated heterocycles. The molecule has 0 aliphatic rings. The SMILES string of the molecule is NCCCC/C(N)=N/O. The van der Waals surface area contributed by atoms with E-state index in [-0.39, 0.29) is 5.84 Å². The first-order chi connectivity index (χ1) is 4.31. The first-order valence-electron chi connectivity index (χ1n) is 2.97. The molecule has 0 spiro atoms. The number of amidine groups is 1. The van der Waals surface area contributed by atoms with Crippen LogP contribution in [0.1, 0.15) is 19.3 Å². The lowest BCUT2D eigenvalue weighted by Crippen LogP contribution is -2.11. The number of hydrogen-bond donors (Lipinski definition) is 3. The van der Waals surface area contributed by atoms with E-state index in [9.17, 15) is 0 Å². The molecular formula is C5H13N3O. The highest BCUT2D eigenvalue weighted by Gasteiger charge is 1.90. The maximum absolute atomic E-state index is 8.07. The van der Waals surface area contributed by atoms with E-state index in [0.29, 0.717) is 13.0 Å². The molecule has 4 nitrogen and oxygen atoms in total. The lowest BCUT2D eigenvalue weighted by atomic mass is 10.2. The van der Waals surface area contributed by atoms with Crippen molar-refractivity contribution in [2.45, 2.75) is 19.3 Å². The Morgan fingerprint density at radius 2 is 2.11 bits per heavy atom. The fourth-order valence-corrected chi connectivity index (χ4v) is 0.500. The molecular weight excluding hydrogens is 118 g/mol. The molecule has 54 valence electrons. The number of oxime groups is 1. The molecule has 0 saturated carbocycles. The first-order valence-corrected chi connectivity index (χ1v) is 2.97. The molecule has 5 N–H and O–H groups in total. The molecule has 4 heteroatoms. The second kappa shape index (κ2) is 5.37. The van der Waals surface area contributed by atoms with Crippen LogP contribution in [0.3, 0.4) is 0 Å². The van der Waals surface area contributed by atoms with Crippen molar-refractivity contribution in [3.8, 4) is 0 Å². The Balaban J connectivity index is 3.07. The third-order valence-corrected chi connectivity index (χ3v) is 1.02. The fourth-order valence-electron chi connectivity index (χ4n) is 0.500. The van der Waals surface area contributed by atoms with E-state index >= 15 is 0 Å². The molecule has 9 heavy (non-hydrogen) atoms. The first kappa shape index (κ1) is 8.23. The van der Waals surface area contributed by atoms with Crippen LogP contribution < -0.4 is 11.5 Å². The molecule has 0 unspecified atom stereocenters. The molecule has 0 fully saturated rings. The van der Waals surface area contributed by atoms with Crippen LogP contribution in [-0.4, -0.2) is 17.6 Å². The van der Waals surface area contributed by atoms with Gasteiger partial charge >= 0.3 is 0 Å². The zero-order valence-electron chi connectivity index (χ0n) is 5.38. The number of unbranched alkanes of at least 4 members (excludes halogenated alkanes) is 1. The van der Waals surface area contributed by atoms with Gasteiger partial charge in [0, 0.05) is 6.42 Å². The summed E-state index contributed by atoms with van der Waals surface area (Å²) < 4.78 is 0. The standard InChI is InChI=1S/C5H13N3O/c6-4-2-1-3-5(7)8-9/h9H,1-4,6H2,(H2,7,8). The summed E-state index contributed by atoms with van der Waals surface area (Å²) in [6, 6.07) is 0. The van der Waals surface area contributed by atoms with Crippen molar-refractivity contribution in [1.82, 2.24) is 0 Å². The van der Waals surface area contributed by atoms with Gasteiger partial charge < -0.3 is 16.7 Å². The number of nitrogens with two attached hydrogens (primary N) is 2. The minimum Gasteiger partial charge on any atom is -0.409 e. The Labute approximate surface area is 54.5 Å². The lowest BCUT2D eigenvalue weighted by molar-refractivity contribution is 0.316. The highest BCUT2D eigenvalue weighted by Crippen LogP contribution is 1.91. The summed E-state index contributed by atoms with van der Waals surface area (Å²) in [5.74, 6) is 0.281. The summed E-state index contributed by atoms with van der Waals surface area (Å²) in [6.07, 6.45) is 2.45. The van der Waals surface area contributed by atoms with Gasteiger partial charge in [0.25, 0.3) is 0 Å². The third kappa shape index (κ3) is 5.10. The molecule has 0 heterocycles. The lowest BCUT2D eigenvalue weighted by Gasteiger charge is -1.94. The van der Waals surface area contributed by atoms with E-state index in [2.05, 4.69) is 5.16 Å². The summed E-state index contributed by atoms with van der Waals surface area (Å²) in [5.41, 5.74) is 10.4. The molecule has 0 aliphatic heterocycles. The van der Waals surface area contributed by atoms with Crippen molar-refractivity contribution < 1.29 is 5.21 Å². The Morgan fingerprint density at radius 3 is 2.56 bits per heavy atom. The molecule has 0 aromatic rings. The average Bonchev–Trinajstić information content (AvgIpc) is 1.89. The highest BCUT2D eigenvalue weighted by molar-refractivity contribution is 5.79. The summed E-state index contributed by atoms with van der Waals surface area (Å²) in [7, 11) is 0. The molecule has 0 amide bonds. The van der Waals surface area contributed by atoms with Crippen LogP contribution in [0.25, 0.3) is 0 Å². The normalized spacial score (nSPS) is 11.9. The van der Waals surface area contributed by atoms with Gasteiger partial charge in [-0.25, -0.2) is 0 Å². The van der Waals surface area contributed by atoms with Crippen molar-refractivity contribution in [1.29, 1.82) is 0 Å². The number of nitrogens with zero attached hydrogens (tertiary/aromatic N) is 1. The van der Waals surface area contributed by atoms with Gasteiger partial charge in [-0.3, -0.25) is 0 Å². The van der Waals surface area contributed by atoms with Crippen molar-refractivity contribution >= 4 is 5.84 Å². The van der Waals surface area contributed by atoms with Crippen molar-refractivity contribution in [3.63, 3.8) is 0 Å². The van der Waals surface area contributed by atoms with E-state index in [1.165, 1.54) is 0 Å². The van der Waals surface area contributed by atoms with Crippen LogP contribution in [0.5, 0.6) is 0 Å². The van der Waals surface area contributed by atoms with E-state index in [1.807, 2.05) is 0 Å².